The molecule has 1 N–H and O–H groups in total. The van der Waals surface area contributed by atoms with Gasteiger partial charge in [-0.1, -0.05) is 13.8 Å². The van der Waals surface area contributed by atoms with Gasteiger partial charge in [-0.25, -0.2) is 0 Å². The van der Waals surface area contributed by atoms with Crippen molar-refractivity contribution in [3.8, 4) is 0 Å². The summed E-state index contributed by atoms with van der Waals surface area (Å²) in [6, 6.07) is 0. The lowest BCUT2D eigenvalue weighted by Gasteiger charge is -2.47. The number of amides is 1. The molecule has 0 aliphatic carbocycles. The van der Waals surface area contributed by atoms with E-state index < -0.39 is 0 Å². The van der Waals surface area contributed by atoms with Gasteiger partial charge in [0.2, 0.25) is 17.7 Å². The lowest BCUT2D eigenvalue weighted by atomic mass is 9.72. The Kier molecular flexibility index (Phi) is 5.20. The van der Waals surface area contributed by atoms with Crippen molar-refractivity contribution in [2.24, 2.45) is 5.41 Å². The van der Waals surface area contributed by atoms with Crippen LogP contribution in [-0.4, -0.2) is 63.8 Å². The molecule has 0 saturated carbocycles. The van der Waals surface area contributed by atoms with Crippen molar-refractivity contribution in [2.45, 2.75) is 52.0 Å². The molecule has 1 spiro atoms. The summed E-state index contributed by atoms with van der Waals surface area (Å²) >= 11 is 0. The van der Waals surface area contributed by atoms with Gasteiger partial charge in [0.1, 0.15) is 0 Å². The zero-order valence-corrected chi connectivity index (χ0v) is 14.7. The Balaban J connectivity index is 1.54. The highest BCUT2D eigenvalue weighted by atomic mass is 16.4. The SMILES string of the molecule is CC(C)c1nnc(CN2CCC3(CCC(=O)N(CCO)C3)CC2)o1. The largest absolute Gasteiger partial charge is 0.424 e. The average Bonchev–Trinajstić information content (AvgIpc) is 3.03. The Hall–Kier alpha value is -1.47. The van der Waals surface area contributed by atoms with Crippen LogP contribution in [0.25, 0.3) is 0 Å². The first-order valence-corrected chi connectivity index (χ1v) is 8.95. The van der Waals surface area contributed by atoms with E-state index in [1.165, 1.54) is 0 Å². The molecule has 2 aliphatic heterocycles. The van der Waals surface area contributed by atoms with Crippen LogP contribution in [0.2, 0.25) is 0 Å². The number of rotatable bonds is 5. The number of likely N-dealkylation sites (tertiary alicyclic amines) is 2. The number of β-amino-alcohol motifs (C(OH)–C–C–N with tert-alkyl or cyclic N) is 1. The van der Waals surface area contributed by atoms with Gasteiger partial charge in [-0.3, -0.25) is 9.69 Å². The highest BCUT2D eigenvalue weighted by molar-refractivity contribution is 5.77. The molecule has 1 aromatic rings. The van der Waals surface area contributed by atoms with Crippen LogP contribution >= 0.6 is 0 Å². The number of hydrogen-bond donors (Lipinski definition) is 1. The summed E-state index contributed by atoms with van der Waals surface area (Å²) in [6.45, 7) is 8.07. The van der Waals surface area contributed by atoms with E-state index in [-0.39, 0.29) is 23.8 Å². The van der Waals surface area contributed by atoms with Crippen LogP contribution in [0, 0.1) is 5.41 Å². The molecule has 24 heavy (non-hydrogen) atoms. The van der Waals surface area contributed by atoms with Crippen LogP contribution < -0.4 is 0 Å². The Labute approximate surface area is 143 Å². The minimum absolute atomic E-state index is 0.0449. The number of aromatic nitrogens is 2. The van der Waals surface area contributed by atoms with Crippen molar-refractivity contribution in [1.29, 1.82) is 0 Å². The lowest BCUT2D eigenvalue weighted by Crippen LogP contribution is -2.51. The van der Waals surface area contributed by atoms with Gasteiger partial charge in [0.25, 0.3) is 0 Å². The normalized spacial score (nSPS) is 21.8. The fraction of sp³-hybridized carbons (Fsp3) is 0.824. The third kappa shape index (κ3) is 3.78. The number of hydrogen-bond acceptors (Lipinski definition) is 6. The minimum Gasteiger partial charge on any atom is -0.424 e. The van der Waals surface area contributed by atoms with Crippen molar-refractivity contribution in [3.63, 3.8) is 0 Å². The van der Waals surface area contributed by atoms with Crippen molar-refractivity contribution in [3.05, 3.63) is 11.8 Å². The first-order valence-electron chi connectivity index (χ1n) is 8.95. The molecule has 2 aliphatic rings. The summed E-state index contributed by atoms with van der Waals surface area (Å²) in [5, 5.41) is 17.4. The van der Waals surface area contributed by atoms with Crippen molar-refractivity contribution < 1.29 is 14.3 Å². The fourth-order valence-corrected chi connectivity index (χ4v) is 3.78. The lowest BCUT2D eigenvalue weighted by molar-refractivity contribution is -0.139. The van der Waals surface area contributed by atoms with E-state index in [1.807, 2.05) is 18.7 Å². The highest BCUT2D eigenvalue weighted by Gasteiger charge is 2.40. The van der Waals surface area contributed by atoms with Gasteiger partial charge < -0.3 is 14.4 Å². The molecule has 0 atom stereocenters. The second kappa shape index (κ2) is 7.19. The van der Waals surface area contributed by atoms with Gasteiger partial charge in [0.15, 0.2) is 0 Å². The van der Waals surface area contributed by atoms with Gasteiger partial charge >= 0.3 is 0 Å². The minimum atomic E-state index is 0.0449. The van der Waals surface area contributed by atoms with Crippen LogP contribution in [-0.2, 0) is 11.3 Å². The first kappa shape index (κ1) is 17.4. The smallest absolute Gasteiger partial charge is 0.230 e. The average molecular weight is 336 g/mol. The molecule has 134 valence electrons. The Morgan fingerprint density at radius 1 is 1.25 bits per heavy atom. The maximum Gasteiger partial charge on any atom is 0.230 e. The van der Waals surface area contributed by atoms with Gasteiger partial charge in [-0.15, -0.1) is 10.2 Å². The molecular weight excluding hydrogens is 308 g/mol. The predicted octanol–water partition coefficient (Wildman–Crippen LogP) is 1.39. The number of aliphatic hydroxyl groups excluding tert-OH is 1. The second-order valence-electron chi connectivity index (χ2n) is 7.50. The number of nitrogens with zero attached hydrogens (tertiary/aromatic N) is 4. The van der Waals surface area contributed by atoms with Gasteiger partial charge in [-0.2, -0.15) is 0 Å². The van der Waals surface area contributed by atoms with Crippen molar-refractivity contribution >= 4 is 5.91 Å². The molecule has 0 aromatic carbocycles. The van der Waals surface area contributed by atoms with Crippen LogP contribution in [0.1, 0.15) is 57.2 Å². The Morgan fingerprint density at radius 3 is 2.62 bits per heavy atom. The topological polar surface area (TPSA) is 82.7 Å². The molecule has 2 fully saturated rings. The molecule has 2 saturated heterocycles. The Morgan fingerprint density at radius 2 is 2.00 bits per heavy atom. The van der Waals surface area contributed by atoms with Crippen LogP contribution in [0.3, 0.4) is 0 Å². The van der Waals surface area contributed by atoms with Gasteiger partial charge in [-0.05, 0) is 37.8 Å². The van der Waals surface area contributed by atoms with E-state index >= 15 is 0 Å². The molecule has 3 rings (SSSR count). The standard InChI is InChI=1S/C17H28N4O3/c1-13(2)16-19-18-14(24-16)11-20-7-5-17(6-8-20)4-3-15(23)21(12-17)9-10-22/h13,22H,3-12H2,1-2H3. The quantitative estimate of drug-likeness (QED) is 0.875. The molecule has 3 heterocycles. The van der Waals surface area contributed by atoms with E-state index in [0.717, 1.165) is 38.9 Å². The second-order valence-corrected chi connectivity index (χ2v) is 7.50. The van der Waals surface area contributed by atoms with Crippen LogP contribution in [0.5, 0.6) is 0 Å². The molecule has 7 nitrogen and oxygen atoms in total. The third-order valence-corrected chi connectivity index (χ3v) is 5.37. The van der Waals surface area contributed by atoms with Gasteiger partial charge in [0, 0.05) is 25.4 Å². The number of aliphatic hydroxyl groups is 1. The van der Waals surface area contributed by atoms with Crippen molar-refractivity contribution in [2.75, 3.05) is 32.8 Å². The van der Waals surface area contributed by atoms with Gasteiger partial charge in [0.05, 0.1) is 13.2 Å². The van der Waals surface area contributed by atoms with E-state index in [1.54, 1.807) is 0 Å². The van der Waals surface area contributed by atoms with E-state index in [9.17, 15) is 4.79 Å². The molecular formula is C17H28N4O3. The first-order chi connectivity index (χ1) is 11.5. The molecule has 0 radical (unpaired) electrons. The molecule has 0 bridgehead atoms. The zero-order valence-electron chi connectivity index (χ0n) is 14.7. The summed E-state index contributed by atoms with van der Waals surface area (Å²) in [6.07, 6.45) is 3.74. The van der Waals surface area contributed by atoms with E-state index in [2.05, 4.69) is 15.1 Å². The number of carbonyl (C=O) groups excluding carboxylic acids is 1. The maximum absolute atomic E-state index is 11.9. The summed E-state index contributed by atoms with van der Waals surface area (Å²) in [5.41, 5.74) is 0.220. The molecule has 1 aromatic heterocycles. The fourth-order valence-electron chi connectivity index (χ4n) is 3.78. The van der Waals surface area contributed by atoms with E-state index in [4.69, 9.17) is 9.52 Å². The zero-order chi connectivity index (χ0) is 17.2. The molecule has 7 heteroatoms. The predicted molar refractivity (Wildman–Crippen MR) is 88.2 cm³/mol. The maximum atomic E-state index is 11.9. The summed E-state index contributed by atoms with van der Waals surface area (Å²) in [5.74, 6) is 1.83. The van der Waals surface area contributed by atoms with Crippen LogP contribution in [0.15, 0.2) is 4.42 Å². The summed E-state index contributed by atoms with van der Waals surface area (Å²) in [4.78, 5) is 16.1. The monoisotopic (exact) mass is 336 g/mol. The number of piperidine rings is 2. The highest BCUT2D eigenvalue weighted by Crippen LogP contribution is 2.40. The van der Waals surface area contributed by atoms with Crippen LogP contribution in [0.4, 0.5) is 0 Å². The molecule has 0 unspecified atom stereocenters. The number of carbonyl (C=O) groups is 1. The third-order valence-electron chi connectivity index (χ3n) is 5.37. The summed E-state index contributed by atoms with van der Waals surface area (Å²) < 4.78 is 5.70. The molecule has 1 amide bonds. The summed E-state index contributed by atoms with van der Waals surface area (Å²) in [7, 11) is 0. The Bertz CT molecular complexity index is 564. The van der Waals surface area contributed by atoms with Crippen molar-refractivity contribution in [1.82, 2.24) is 20.0 Å². The van der Waals surface area contributed by atoms with E-state index in [0.29, 0.717) is 31.3 Å².